The lowest BCUT2D eigenvalue weighted by molar-refractivity contribution is -0.137. The first-order valence-electron chi connectivity index (χ1n) is 7.60. The van der Waals surface area contributed by atoms with Crippen LogP contribution in [-0.2, 0) is 19.2 Å². The van der Waals surface area contributed by atoms with Crippen LogP contribution in [0.15, 0.2) is 12.7 Å². The van der Waals surface area contributed by atoms with E-state index >= 15 is 0 Å². The molecule has 4 amide bonds. The van der Waals surface area contributed by atoms with Crippen LogP contribution in [0.4, 0.5) is 0 Å². The zero-order valence-corrected chi connectivity index (χ0v) is 13.5. The molecule has 0 spiro atoms. The average Bonchev–Trinajstić information content (AvgIpc) is 2.49. The molecule has 1 saturated carbocycles. The molecule has 0 saturated heterocycles. The maximum Gasteiger partial charge on any atom is 0.245 e. The fraction of sp³-hybridized carbons (Fsp3) is 0.600. The van der Waals surface area contributed by atoms with Crippen molar-refractivity contribution in [1.82, 2.24) is 21.3 Å². The third kappa shape index (κ3) is 4.08. The minimum Gasteiger partial charge on any atom is -0.332 e. The van der Waals surface area contributed by atoms with Gasteiger partial charge in [-0.2, -0.15) is 0 Å². The Hall–Kier alpha value is -2.38. The molecule has 1 aliphatic carbocycles. The summed E-state index contributed by atoms with van der Waals surface area (Å²) in [6.45, 7) is 6.39. The van der Waals surface area contributed by atoms with E-state index in [2.05, 4.69) is 27.8 Å². The fourth-order valence-corrected chi connectivity index (χ4v) is 2.97. The first kappa shape index (κ1) is 18.7. The number of rotatable bonds is 7. The van der Waals surface area contributed by atoms with E-state index in [0.29, 0.717) is 25.7 Å². The monoisotopic (exact) mass is 324 g/mol. The number of carbonyl (C=O) groups is 4. The third-order valence-corrected chi connectivity index (χ3v) is 3.97. The van der Waals surface area contributed by atoms with Crippen LogP contribution >= 0.6 is 0 Å². The van der Waals surface area contributed by atoms with Crippen molar-refractivity contribution in [3.05, 3.63) is 12.7 Å². The molecule has 2 atom stereocenters. The van der Waals surface area contributed by atoms with Crippen molar-refractivity contribution in [1.29, 1.82) is 0 Å². The van der Waals surface area contributed by atoms with Gasteiger partial charge in [0, 0.05) is 13.3 Å². The quantitative estimate of drug-likeness (QED) is 0.291. The average molecular weight is 324 g/mol. The molecule has 4 N–H and O–H groups in total. The Balaban J connectivity index is 3.38. The van der Waals surface area contributed by atoms with Crippen LogP contribution in [0.1, 0.15) is 46.0 Å². The Kier molecular flexibility index (Phi) is 6.29. The zero-order valence-electron chi connectivity index (χ0n) is 13.5. The van der Waals surface area contributed by atoms with Gasteiger partial charge in [0.15, 0.2) is 11.3 Å². The lowest BCUT2D eigenvalue weighted by atomic mass is 9.77. The lowest BCUT2D eigenvalue weighted by Crippen LogP contribution is -2.83. The van der Waals surface area contributed by atoms with Crippen LogP contribution in [0.25, 0.3) is 0 Å². The van der Waals surface area contributed by atoms with E-state index < -0.39 is 17.2 Å². The highest BCUT2D eigenvalue weighted by Crippen LogP contribution is 2.34. The fourth-order valence-electron chi connectivity index (χ4n) is 2.97. The molecule has 0 aromatic carbocycles. The van der Waals surface area contributed by atoms with Crippen LogP contribution < -0.4 is 21.3 Å². The summed E-state index contributed by atoms with van der Waals surface area (Å²) in [5.41, 5.74) is -2.63. The molecular weight excluding hydrogens is 300 g/mol. The van der Waals surface area contributed by atoms with Gasteiger partial charge in [-0.15, -0.1) is 0 Å². The van der Waals surface area contributed by atoms with E-state index in [0.717, 1.165) is 12.5 Å². The number of amides is 4. The summed E-state index contributed by atoms with van der Waals surface area (Å²) in [6.07, 6.45) is 3.88. The second kappa shape index (κ2) is 7.75. The maximum absolute atomic E-state index is 12.0. The minimum absolute atomic E-state index is 0.197. The van der Waals surface area contributed by atoms with E-state index in [4.69, 9.17) is 0 Å². The molecule has 23 heavy (non-hydrogen) atoms. The summed E-state index contributed by atoms with van der Waals surface area (Å²) in [4.78, 5) is 46.8. The molecule has 2 unspecified atom stereocenters. The Morgan fingerprint density at radius 1 is 1.09 bits per heavy atom. The van der Waals surface area contributed by atoms with Crippen LogP contribution in [-0.4, -0.2) is 35.5 Å². The van der Waals surface area contributed by atoms with Gasteiger partial charge >= 0.3 is 0 Å². The normalized spacial score (nSPS) is 26.5. The molecular formula is C15H24N4O4. The van der Waals surface area contributed by atoms with Gasteiger partial charge < -0.3 is 21.3 Å². The van der Waals surface area contributed by atoms with E-state index in [1.54, 1.807) is 6.92 Å². The van der Waals surface area contributed by atoms with E-state index in [9.17, 15) is 19.2 Å². The summed E-state index contributed by atoms with van der Waals surface area (Å²) >= 11 is 0. The topological polar surface area (TPSA) is 116 Å². The number of nitrogens with one attached hydrogen (secondary N) is 4. The van der Waals surface area contributed by atoms with Crippen molar-refractivity contribution in [3.63, 3.8) is 0 Å². The van der Waals surface area contributed by atoms with Crippen molar-refractivity contribution < 1.29 is 19.2 Å². The molecule has 0 aliphatic heterocycles. The smallest absolute Gasteiger partial charge is 0.245 e. The molecule has 1 aliphatic rings. The number of hydrogen-bond acceptors (Lipinski definition) is 4. The predicted octanol–water partition coefficient (Wildman–Crippen LogP) is -0.336. The van der Waals surface area contributed by atoms with Crippen LogP contribution in [0.3, 0.4) is 0 Å². The highest BCUT2D eigenvalue weighted by molar-refractivity contribution is 5.89. The maximum atomic E-state index is 12.0. The summed E-state index contributed by atoms with van der Waals surface area (Å²) < 4.78 is 0. The molecule has 0 bridgehead atoms. The van der Waals surface area contributed by atoms with Gasteiger partial charge in [0.25, 0.3) is 0 Å². The van der Waals surface area contributed by atoms with Gasteiger partial charge in [0.1, 0.15) is 0 Å². The Bertz CT molecular complexity index is 508. The first-order chi connectivity index (χ1) is 10.8. The van der Waals surface area contributed by atoms with E-state index in [-0.39, 0.29) is 18.2 Å². The molecule has 128 valence electrons. The Morgan fingerprint density at radius 3 is 2.17 bits per heavy atom. The highest BCUT2D eigenvalue weighted by Gasteiger charge is 2.55. The predicted molar refractivity (Wildman–Crippen MR) is 83.7 cm³/mol. The summed E-state index contributed by atoms with van der Waals surface area (Å²) in [7, 11) is 0. The van der Waals surface area contributed by atoms with Crippen LogP contribution in [0.5, 0.6) is 0 Å². The standard InChI is InChI=1S/C15H24N4O4/c1-4-12(22)18-15(19-13(23)5-2)9-7-6-8-14(15,16-10-20)17-11(3)21/h4,10H,1,5-9H2,2-3H3,(H,16,20)(H,17,21)(H,18,22)(H,19,23). The summed E-state index contributed by atoms with van der Waals surface area (Å²) in [6, 6.07) is 0. The van der Waals surface area contributed by atoms with Gasteiger partial charge in [-0.3, -0.25) is 19.2 Å². The number of carbonyl (C=O) groups excluding carboxylic acids is 4. The zero-order chi connectivity index (χ0) is 17.5. The van der Waals surface area contributed by atoms with Crippen molar-refractivity contribution in [2.45, 2.75) is 57.3 Å². The second-order valence-corrected chi connectivity index (χ2v) is 5.56. The Morgan fingerprint density at radius 2 is 1.70 bits per heavy atom. The van der Waals surface area contributed by atoms with Crippen molar-refractivity contribution in [2.75, 3.05) is 0 Å². The summed E-state index contributed by atoms with van der Waals surface area (Å²) in [5, 5.41) is 10.8. The van der Waals surface area contributed by atoms with Gasteiger partial charge in [-0.05, 0) is 31.8 Å². The van der Waals surface area contributed by atoms with Gasteiger partial charge in [0.05, 0.1) is 0 Å². The van der Waals surface area contributed by atoms with Crippen LogP contribution in [0, 0.1) is 0 Å². The van der Waals surface area contributed by atoms with Gasteiger partial charge in [-0.1, -0.05) is 13.5 Å². The first-order valence-corrected chi connectivity index (χ1v) is 7.60. The molecule has 8 nitrogen and oxygen atoms in total. The summed E-state index contributed by atoms with van der Waals surface area (Å²) in [5.74, 6) is -1.20. The van der Waals surface area contributed by atoms with Crippen LogP contribution in [0.2, 0.25) is 0 Å². The molecule has 8 heteroatoms. The van der Waals surface area contributed by atoms with Crippen molar-refractivity contribution in [2.24, 2.45) is 0 Å². The van der Waals surface area contributed by atoms with E-state index in [1.165, 1.54) is 6.92 Å². The Labute approximate surface area is 135 Å². The SMILES string of the molecule is C=CC(=O)NC1(NC(=O)CC)CCCCC1(NC=O)NC(C)=O. The highest BCUT2D eigenvalue weighted by atomic mass is 16.2. The molecule has 1 fully saturated rings. The van der Waals surface area contributed by atoms with Gasteiger partial charge in [0.2, 0.25) is 24.1 Å². The minimum atomic E-state index is -1.32. The molecule has 0 aromatic heterocycles. The molecule has 0 radical (unpaired) electrons. The second-order valence-electron chi connectivity index (χ2n) is 5.56. The molecule has 1 rings (SSSR count). The largest absolute Gasteiger partial charge is 0.332 e. The van der Waals surface area contributed by atoms with Crippen molar-refractivity contribution in [3.8, 4) is 0 Å². The molecule has 0 heterocycles. The number of hydrogen-bond donors (Lipinski definition) is 4. The third-order valence-electron chi connectivity index (χ3n) is 3.97. The van der Waals surface area contributed by atoms with E-state index in [1.807, 2.05) is 0 Å². The van der Waals surface area contributed by atoms with Gasteiger partial charge in [-0.25, -0.2) is 0 Å². The van der Waals surface area contributed by atoms with Crippen molar-refractivity contribution >= 4 is 24.1 Å². The molecule has 0 aromatic rings. The lowest BCUT2D eigenvalue weighted by Gasteiger charge is -2.53.